The van der Waals surface area contributed by atoms with Crippen LogP contribution < -0.4 is 0 Å². The molecule has 2 nitrogen and oxygen atoms in total. The summed E-state index contributed by atoms with van der Waals surface area (Å²) >= 11 is 0. The summed E-state index contributed by atoms with van der Waals surface area (Å²) in [6.07, 6.45) is 4.34. The minimum Gasteiger partial charge on any atom is -0.343 e. The molecule has 0 unspecified atom stereocenters. The third kappa shape index (κ3) is 3.31. The Kier molecular flexibility index (Phi) is 4.34. The van der Waals surface area contributed by atoms with E-state index in [0.29, 0.717) is 18.4 Å². The molecule has 0 atom stereocenters. The first-order valence-electron chi connectivity index (χ1n) is 6.69. The van der Waals surface area contributed by atoms with E-state index >= 15 is 0 Å². The number of carbonyl (C=O) groups is 1. The van der Waals surface area contributed by atoms with Crippen molar-refractivity contribution in [2.75, 3.05) is 13.1 Å². The Labute approximate surface area is 108 Å². The van der Waals surface area contributed by atoms with Crippen LogP contribution in [0.4, 0.5) is 4.39 Å². The SMILES string of the molecule is Cc1ccc(CCC(=O)N2CCCCC2)c(F)c1. The van der Waals surface area contributed by atoms with Gasteiger partial charge in [0, 0.05) is 19.5 Å². The summed E-state index contributed by atoms with van der Waals surface area (Å²) < 4.78 is 13.6. The maximum absolute atomic E-state index is 13.6. The topological polar surface area (TPSA) is 20.3 Å². The fourth-order valence-corrected chi connectivity index (χ4v) is 2.40. The average molecular weight is 249 g/mol. The molecule has 1 aromatic carbocycles. The maximum atomic E-state index is 13.6. The molecule has 1 aliphatic heterocycles. The number of amides is 1. The molecule has 0 aromatic heterocycles. The molecule has 18 heavy (non-hydrogen) atoms. The Hall–Kier alpha value is -1.38. The molecule has 1 aromatic rings. The van der Waals surface area contributed by atoms with E-state index in [2.05, 4.69) is 0 Å². The summed E-state index contributed by atoms with van der Waals surface area (Å²) in [6.45, 7) is 3.61. The van der Waals surface area contributed by atoms with Gasteiger partial charge in [-0.25, -0.2) is 4.39 Å². The van der Waals surface area contributed by atoms with Crippen molar-refractivity contribution in [1.82, 2.24) is 4.90 Å². The second-order valence-corrected chi connectivity index (χ2v) is 5.04. The fourth-order valence-electron chi connectivity index (χ4n) is 2.40. The molecule has 1 aliphatic rings. The van der Waals surface area contributed by atoms with Crippen LogP contribution >= 0.6 is 0 Å². The lowest BCUT2D eigenvalue weighted by Crippen LogP contribution is -2.35. The summed E-state index contributed by atoms with van der Waals surface area (Å²) in [7, 11) is 0. The van der Waals surface area contributed by atoms with Crippen molar-refractivity contribution in [2.45, 2.75) is 39.0 Å². The lowest BCUT2D eigenvalue weighted by Gasteiger charge is -2.26. The first kappa shape index (κ1) is 13.1. The van der Waals surface area contributed by atoms with Gasteiger partial charge in [-0.3, -0.25) is 4.79 Å². The van der Waals surface area contributed by atoms with Gasteiger partial charge in [-0.15, -0.1) is 0 Å². The fraction of sp³-hybridized carbons (Fsp3) is 0.533. The number of halogens is 1. The van der Waals surface area contributed by atoms with E-state index in [0.717, 1.165) is 31.5 Å². The van der Waals surface area contributed by atoms with Gasteiger partial charge in [0.1, 0.15) is 5.82 Å². The molecule has 1 amide bonds. The Morgan fingerprint density at radius 1 is 1.28 bits per heavy atom. The van der Waals surface area contributed by atoms with Gasteiger partial charge in [0.15, 0.2) is 0 Å². The van der Waals surface area contributed by atoms with Crippen molar-refractivity contribution in [1.29, 1.82) is 0 Å². The van der Waals surface area contributed by atoms with E-state index in [1.807, 2.05) is 17.9 Å². The molecule has 98 valence electrons. The number of likely N-dealkylation sites (tertiary alicyclic amines) is 1. The van der Waals surface area contributed by atoms with Crippen LogP contribution in [-0.2, 0) is 11.2 Å². The summed E-state index contributed by atoms with van der Waals surface area (Å²) in [5.41, 5.74) is 1.56. The molecular weight excluding hydrogens is 229 g/mol. The normalized spacial score (nSPS) is 15.8. The minimum atomic E-state index is -0.193. The van der Waals surface area contributed by atoms with Gasteiger partial charge in [0.05, 0.1) is 0 Å². The number of hydrogen-bond donors (Lipinski definition) is 0. The van der Waals surface area contributed by atoms with Gasteiger partial charge >= 0.3 is 0 Å². The van der Waals surface area contributed by atoms with Crippen LogP contribution in [-0.4, -0.2) is 23.9 Å². The van der Waals surface area contributed by atoms with Crippen molar-refractivity contribution in [3.05, 3.63) is 35.1 Å². The van der Waals surface area contributed by atoms with Crippen LogP contribution in [0.1, 0.15) is 36.8 Å². The Morgan fingerprint density at radius 3 is 2.67 bits per heavy atom. The number of piperidine rings is 1. The largest absolute Gasteiger partial charge is 0.343 e. The Balaban J connectivity index is 1.88. The number of nitrogens with zero attached hydrogens (tertiary/aromatic N) is 1. The lowest BCUT2D eigenvalue weighted by molar-refractivity contribution is -0.132. The molecular formula is C15H20FNO. The van der Waals surface area contributed by atoms with Crippen LogP contribution in [0.2, 0.25) is 0 Å². The molecule has 0 spiro atoms. The summed E-state index contributed by atoms with van der Waals surface area (Å²) in [5, 5.41) is 0. The lowest BCUT2D eigenvalue weighted by atomic mass is 10.1. The van der Waals surface area contributed by atoms with Crippen LogP contribution in [0, 0.1) is 12.7 Å². The van der Waals surface area contributed by atoms with Crippen molar-refractivity contribution >= 4 is 5.91 Å². The number of carbonyl (C=O) groups excluding carboxylic acids is 1. The molecule has 0 saturated carbocycles. The number of rotatable bonds is 3. The number of hydrogen-bond acceptors (Lipinski definition) is 1. The monoisotopic (exact) mass is 249 g/mol. The smallest absolute Gasteiger partial charge is 0.222 e. The zero-order chi connectivity index (χ0) is 13.0. The van der Waals surface area contributed by atoms with Gasteiger partial charge in [-0.2, -0.15) is 0 Å². The van der Waals surface area contributed by atoms with Crippen molar-refractivity contribution in [2.24, 2.45) is 0 Å². The molecule has 3 heteroatoms. The molecule has 0 bridgehead atoms. The third-order valence-corrected chi connectivity index (χ3v) is 3.53. The quantitative estimate of drug-likeness (QED) is 0.806. The van der Waals surface area contributed by atoms with Gasteiger partial charge in [-0.05, 0) is 49.8 Å². The Morgan fingerprint density at radius 2 is 2.00 bits per heavy atom. The van der Waals surface area contributed by atoms with E-state index in [4.69, 9.17) is 0 Å². The zero-order valence-electron chi connectivity index (χ0n) is 10.9. The van der Waals surface area contributed by atoms with Crippen LogP contribution in [0.5, 0.6) is 0 Å². The standard InChI is InChI=1S/C15H20FNO/c1-12-5-6-13(14(16)11-12)7-8-15(18)17-9-3-2-4-10-17/h5-6,11H,2-4,7-10H2,1H3. The van der Waals surface area contributed by atoms with E-state index in [1.165, 1.54) is 12.5 Å². The van der Waals surface area contributed by atoms with Gasteiger partial charge in [0.25, 0.3) is 0 Å². The van der Waals surface area contributed by atoms with Crippen LogP contribution in [0.15, 0.2) is 18.2 Å². The molecule has 1 saturated heterocycles. The zero-order valence-corrected chi connectivity index (χ0v) is 10.9. The predicted octanol–water partition coefficient (Wildman–Crippen LogP) is 3.08. The van der Waals surface area contributed by atoms with E-state index in [-0.39, 0.29) is 11.7 Å². The second-order valence-electron chi connectivity index (χ2n) is 5.04. The first-order valence-corrected chi connectivity index (χ1v) is 6.69. The molecule has 1 heterocycles. The predicted molar refractivity (Wildman–Crippen MR) is 69.9 cm³/mol. The second kappa shape index (κ2) is 5.98. The van der Waals surface area contributed by atoms with Crippen LogP contribution in [0.3, 0.4) is 0 Å². The Bertz CT molecular complexity index is 425. The van der Waals surface area contributed by atoms with E-state index < -0.39 is 0 Å². The highest BCUT2D eigenvalue weighted by Crippen LogP contribution is 2.14. The average Bonchev–Trinajstić information content (AvgIpc) is 2.38. The molecule has 2 rings (SSSR count). The van der Waals surface area contributed by atoms with E-state index in [9.17, 15) is 9.18 Å². The number of aryl methyl sites for hydroxylation is 2. The molecule has 0 radical (unpaired) electrons. The number of benzene rings is 1. The highest BCUT2D eigenvalue weighted by atomic mass is 19.1. The van der Waals surface area contributed by atoms with Gasteiger partial charge in [-0.1, -0.05) is 12.1 Å². The van der Waals surface area contributed by atoms with Crippen molar-refractivity contribution < 1.29 is 9.18 Å². The highest BCUT2D eigenvalue weighted by molar-refractivity contribution is 5.76. The van der Waals surface area contributed by atoms with Crippen molar-refractivity contribution in [3.63, 3.8) is 0 Å². The van der Waals surface area contributed by atoms with Crippen molar-refractivity contribution in [3.8, 4) is 0 Å². The molecule has 1 fully saturated rings. The summed E-state index contributed by atoms with van der Waals surface area (Å²) in [4.78, 5) is 13.9. The van der Waals surface area contributed by atoms with E-state index in [1.54, 1.807) is 6.07 Å². The van der Waals surface area contributed by atoms with Crippen LogP contribution in [0.25, 0.3) is 0 Å². The maximum Gasteiger partial charge on any atom is 0.222 e. The summed E-state index contributed by atoms with van der Waals surface area (Å²) in [5.74, 6) is -0.0314. The molecule has 0 N–H and O–H groups in total. The summed E-state index contributed by atoms with van der Waals surface area (Å²) in [6, 6.07) is 5.21. The van der Waals surface area contributed by atoms with Gasteiger partial charge in [0.2, 0.25) is 5.91 Å². The first-order chi connectivity index (χ1) is 8.66. The molecule has 0 aliphatic carbocycles. The highest BCUT2D eigenvalue weighted by Gasteiger charge is 2.16. The van der Waals surface area contributed by atoms with Gasteiger partial charge < -0.3 is 4.90 Å². The third-order valence-electron chi connectivity index (χ3n) is 3.53. The minimum absolute atomic E-state index is 0.162.